The smallest absolute Gasteiger partial charge is 0.253 e. The van der Waals surface area contributed by atoms with Crippen LogP contribution in [0.5, 0.6) is 11.5 Å². The van der Waals surface area contributed by atoms with Gasteiger partial charge in [0.2, 0.25) is 5.89 Å². The molecule has 0 radical (unpaired) electrons. The largest absolute Gasteiger partial charge is 0.487 e. The van der Waals surface area contributed by atoms with E-state index < -0.39 is 0 Å². The first-order valence-corrected chi connectivity index (χ1v) is 6.64. The summed E-state index contributed by atoms with van der Waals surface area (Å²) in [6.45, 7) is 0.398. The van der Waals surface area contributed by atoms with Crippen LogP contribution in [0.3, 0.4) is 0 Å². The molecule has 3 rings (SSSR count). The van der Waals surface area contributed by atoms with E-state index in [1.54, 1.807) is 12.1 Å². The minimum Gasteiger partial charge on any atom is -0.487 e. The molecule has 0 aliphatic heterocycles. The minimum atomic E-state index is -0.0389. The first-order chi connectivity index (χ1) is 9.86. The van der Waals surface area contributed by atoms with Gasteiger partial charge in [0.1, 0.15) is 6.61 Å². The Labute approximate surface area is 116 Å². The Morgan fingerprint density at radius 1 is 1.15 bits per heavy atom. The monoisotopic (exact) mass is 276 g/mol. The second kappa shape index (κ2) is 5.92. The molecule has 0 amide bonds. The molecular weight excluding hydrogens is 260 g/mol. The number of benzene rings is 1. The lowest BCUT2D eigenvalue weighted by molar-refractivity contribution is 0.189. The van der Waals surface area contributed by atoms with Gasteiger partial charge < -0.3 is 19.0 Å². The highest BCUT2D eigenvalue weighted by Crippen LogP contribution is 2.39. The van der Waals surface area contributed by atoms with Gasteiger partial charge in [-0.1, -0.05) is 12.1 Å². The number of aliphatic hydroxyl groups excluding tert-OH is 1. The van der Waals surface area contributed by atoms with Gasteiger partial charge in [-0.15, -0.1) is 10.2 Å². The maximum atomic E-state index is 8.79. The Morgan fingerprint density at radius 3 is 2.60 bits per heavy atom. The first-order valence-electron chi connectivity index (χ1n) is 6.64. The molecule has 0 unspecified atom stereocenters. The lowest BCUT2D eigenvalue weighted by Crippen LogP contribution is -2.04. The second-order valence-corrected chi connectivity index (χ2v) is 4.62. The van der Waals surface area contributed by atoms with E-state index in [4.69, 9.17) is 19.0 Å². The van der Waals surface area contributed by atoms with Crippen LogP contribution >= 0.6 is 0 Å². The van der Waals surface area contributed by atoms with Crippen molar-refractivity contribution < 1.29 is 19.0 Å². The fourth-order valence-corrected chi connectivity index (χ4v) is 1.80. The summed E-state index contributed by atoms with van der Waals surface area (Å²) >= 11 is 0. The quantitative estimate of drug-likeness (QED) is 0.832. The van der Waals surface area contributed by atoms with Crippen molar-refractivity contribution in [1.82, 2.24) is 10.2 Å². The Kier molecular flexibility index (Phi) is 3.83. The highest BCUT2D eigenvalue weighted by atomic mass is 16.5. The van der Waals surface area contributed by atoms with Gasteiger partial charge in [-0.25, -0.2) is 0 Å². The van der Waals surface area contributed by atoms with Crippen LogP contribution in [0, 0.1) is 0 Å². The summed E-state index contributed by atoms with van der Waals surface area (Å²) in [5.41, 5.74) is 0. The molecule has 1 N–H and O–H groups in total. The van der Waals surface area contributed by atoms with Crippen molar-refractivity contribution in [3.63, 3.8) is 0 Å². The highest BCUT2D eigenvalue weighted by molar-refractivity contribution is 5.39. The van der Waals surface area contributed by atoms with Crippen molar-refractivity contribution in [1.29, 1.82) is 0 Å². The third-order valence-electron chi connectivity index (χ3n) is 2.96. The molecule has 20 heavy (non-hydrogen) atoms. The molecule has 1 aliphatic carbocycles. The van der Waals surface area contributed by atoms with Gasteiger partial charge in [-0.05, 0) is 25.0 Å². The number of nitrogens with zero attached hydrogens (tertiary/aromatic N) is 2. The van der Waals surface area contributed by atoms with Crippen LogP contribution in [0.2, 0.25) is 0 Å². The fourth-order valence-electron chi connectivity index (χ4n) is 1.80. The van der Waals surface area contributed by atoms with E-state index in [2.05, 4.69) is 10.2 Å². The zero-order valence-electron chi connectivity index (χ0n) is 11.0. The van der Waals surface area contributed by atoms with Gasteiger partial charge in [0.25, 0.3) is 5.89 Å². The average Bonchev–Trinajstić information content (AvgIpc) is 3.23. The predicted molar refractivity (Wildman–Crippen MR) is 69.6 cm³/mol. The topological polar surface area (TPSA) is 77.6 Å². The van der Waals surface area contributed by atoms with Gasteiger partial charge >= 0.3 is 0 Å². The molecule has 0 bridgehead atoms. The molecule has 6 heteroatoms. The molecule has 1 fully saturated rings. The molecular formula is C14H16N2O4. The van der Waals surface area contributed by atoms with E-state index >= 15 is 0 Å². The fraction of sp³-hybridized carbons (Fsp3) is 0.429. The van der Waals surface area contributed by atoms with Crippen LogP contribution in [0.1, 0.15) is 30.5 Å². The van der Waals surface area contributed by atoms with Crippen molar-refractivity contribution >= 4 is 0 Å². The molecule has 106 valence electrons. The lowest BCUT2D eigenvalue weighted by Gasteiger charge is -2.10. The van der Waals surface area contributed by atoms with Crippen molar-refractivity contribution in [3.8, 4) is 11.5 Å². The Hall–Kier alpha value is -2.08. The van der Waals surface area contributed by atoms with Gasteiger partial charge in [0.15, 0.2) is 18.1 Å². The zero-order valence-corrected chi connectivity index (χ0v) is 11.0. The van der Waals surface area contributed by atoms with Gasteiger partial charge in [0.05, 0.1) is 6.61 Å². The van der Waals surface area contributed by atoms with E-state index in [0.29, 0.717) is 29.2 Å². The standard InChI is InChI=1S/C14H16N2O4/c17-7-8-18-11-3-1-2-4-12(11)19-9-13-15-16-14(20-13)10-5-6-10/h1-4,10,17H,5-9H2. The van der Waals surface area contributed by atoms with Gasteiger partial charge in [0, 0.05) is 5.92 Å². The molecule has 2 aromatic rings. The molecule has 0 saturated heterocycles. The Morgan fingerprint density at radius 2 is 1.90 bits per heavy atom. The molecule has 1 aromatic heterocycles. The summed E-state index contributed by atoms with van der Waals surface area (Å²) < 4.78 is 16.5. The SMILES string of the molecule is OCCOc1ccccc1OCc1nnc(C2CC2)o1. The maximum Gasteiger partial charge on any atom is 0.253 e. The van der Waals surface area contributed by atoms with Gasteiger partial charge in [-0.2, -0.15) is 0 Å². The van der Waals surface area contributed by atoms with Crippen LogP contribution in [0.25, 0.3) is 0 Å². The first kappa shape index (κ1) is 12.9. The summed E-state index contributed by atoms with van der Waals surface area (Å²) in [6.07, 6.45) is 2.25. The highest BCUT2D eigenvalue weighted by Gasteiger charge is 2.29. The molecule has 1 aliphatic rings. The summed E-state index contributed by atoms with van der Waals surface area (Å²) in [6, 6.07) is 7.28. The zero-order chi connectivity index (χ0) is 13.8. The molecule has 6 nitrogen and oxygen atoms in total. The summed E-state index contributed by atoms with van der Waals surface area (Å²) in [5.74, 6) is 2.78. The summed E-state index contributed by atoms with van der Waals surface area (Å²) in [5, 5.41) is 16.8. The van der Waals surface area contributed by atoms with Crippen molar-refractivity contribution in [2.45, 2.75) is 25.4 Å². The number of aromatic nitrogens is 2. The number of hydrogen-bond donors (Lipinski definition) is 1. The van der Waals surface area contributed by atoms with Gasteiger partial charge in [-0.3, -0.25) is 0 Å². The number of ether oxygens (including phenoxy) is 2. The van der Waals surface area contributed by atoms with E-state index in [0.717, 1.165) is 12.8 Å². The predicted octanol–water partition coefficient (Wildman–Crippen LogP) is 1.90. The maximum absolute atomic E-state index is 8.79. The summed E-state index contributed by atoms with van der Waals surface area (Å²) in [7, 11) is 0. The Balaban J connectivity index is 1.61. The summed E-state index contributed by atoms with van der Waals surface area (Å²) in [4.78, 5) is 0. The molecule has 0 atom stereocenters. The van der Waals surface area contributed by atoms with Crippen LogP contribution in [-0.4, -0.2) is 28.5 Å². The van der Waals surface area contributed by atoms with Crippen LogP contribution in [-0.2, 0) is 6.61 Å². The van der Waals surface area contributed by atoms with E-state index in [1.165, 1.54) is 0 Å². The second-order valence-electron chi connectivity index (χ2n) is 4.62. The normalized spacial score (nSPS) is 14.2. The number of aliphatic hydroxyl groups is 1. The molecule has 0 spiro atoms. The number of para-hydroxylation sites is 2. The van der Waals surface area contributed by atoms with Crippen molar-refractivity contribution in [2.24, 2.45) is 0 Å². The van der Waals surface area contributed by atoms with E-state index in [-0.39, 0.29) is 19.8 Å². The van der Waals surface area contributed by atoms with Crippen LogP contribution < -0.4 is 9.47 Å². The number of hydrogen-bond acceptors (Lipinski definition) is 6. The molecule has 1 aromatic carbocycles. The minimum absolute atomic E-state index is 0.0389. The van der Waals surface area contributed by atoms with Crippen LogP contribution in [0.15, 0.2) is 28.7 Å². The molecule has 1 saturated carbocycles. The lowest BCUT2D eigenvalue weighted by atomic mass is 10.3. The third kappa shape index (κ3) is 3.08. The number of rotatable bonds is 7. The molecule has 1 heterocycles. The van der Waals surface area contributed by atoms with Crippen molar-refractivity contribution in [3.05, 3.63) is 36.0 Å². The Bertz CT molecular complexity index is 566. The third-order valence-corrected chi connectivity index (χ3v) is 2.96. The van der Waals surface area contributed by atoms with Crippen LogP contribution in [0.4, 0.5) is 0 Å². The van der Waals surface area contributed by atoms with Crippen molar-refractivity contribution in [2.75, 3.05) is 13.2 Å². The van der Waals surface area contributed by atoms with E-state index in [9.17, 15) is 0 Å². The average molecular weight is 276 g/mol. The van der Waals surface area contributed by atoms with E-state index in [1.807, 2.05) is 12.1 Å².